The molecule has 1 aromatic rings. The van der Waals surface area contributed by atoms with Crippen molar-refractivity contribution in [1.82, 2.24) is 5.32 Å². The second-order valence-electron chi connectivity index (χ2n) is 5.93. The van der Waals surface area contributed by atoms with Crippen LogP contribution >= 0.6 is 11.6 Å². The molecule has 7 nitrogen and oxygen atoms in total. The highest BCUT2D eigenvalue weighted by Gasteiger charge is 2.25. The lowest BCUT2D eigenvalue weighted by atomic mass is 9.86. The first-order valence-corrected chi connectivity index (χ1v) is 8.16. The number of nitro groups is 1. The molecule has 0 aromatic heterocycles. The summed E-state index contributed by atoms with van der Waals surface area (Å²) in [6, 6.07) is 3.67. The predicted octanol–water partition coefficient (Wildman–Crippen LogP) is 3.10. The summed E-state index contributed by atoms with van der Waals surface area (Å²) < 4.78 is 4.90. The average molecular weight is 355 g/mol. The standard InChI is InChI=1S/C16H19ClN2O5/c1-10-4-2-3-5-13(10)18-15(20)9-24-16(21)12-8-11(17)6-7-14(12)19(22)23/h6-8,10,13H,2-5,9H2,1H3,(H,18,20)/t10-,13+/m1/s1. The highest BCUT2D eigenvalue weighted by atomic mass is 35.5. The van der Waals surface area contributed by atoms with Crippen molar-refractivity contribution < 1.29 is 19.2 Å². The van der Waals surface area contributed by atoms with Crippen molar-refractivity contribution in [2.75, 3.05) is 6.61 Å². The summed E-state index contributed by atoms with van der Waals surface area (Å²) in [5.41, 5.74) is -0.683. The van der Waals surface area contributed by atoms with Crippen LogP contribution in [0.2, 0.25) is 5.02 Å². The summed E-state index contributed by atoms with van der Waals surface area (Å²) in [6.45, 7) is 1.59. The van der Waals surface area contributed by atoms with Crippen LogP contribution in [-0.2, 0) is 9.53 Å². The first kappa shape index (κ1) is 18.2. The van der Waals surface area contributed by atoms with Gasteiger partial charge < -0.3 is 10.1 Å². The highest BCUT2D eigenvalue weighted by molar-refractivity contribution is 6.31. The molecular formula is C16H19ClN2O5. The maximum atomic E-state index is 12.0. The van der Waals surface area contributed by atoms with E-state index >= 15 is 0 Å². The second-order valence-corrected chi connectivity index (χ2v) is 6.37. The molecule has 1 N–H and O–H groups in total. The number of nitro benzene ring substituents is 1. The van der Waals surface area contributed by atoms with Crippen LogP contribution in [0, 0.1) is 16.0 Å². The maximum Gasteiger partial charge on any atom is 0.345 e. The number of ether oxygens (including phenoxy) is 1. The smallest absolute Gasteiger partial charge is 0.345 e. The van der Waals surface area contributed by atoms with Gasteiger partial charge in [-0.25, -0.2) is 4.79 Å². The number of carbonyl (C=O) groups excluding carboxylic acids is 2. The van der Waals surface area contributed by atoms with Crippen molar-refractivity contribution in [3.63, 3.8) is 0 Å². The Kier molecular flexibility index (Phi) is 6.14. The Hall–Kier alpha value is -2.15. The molecule has 0 bridgehead atoms. The molecule has 2 rings (SSSR count). The third kappa shape index (κ3) is 4.67. The number of hydrogen-bond acceptors (Lipinski definition) is 5. The monoisotopic (exact) mass is 354 g/mol. The van der Waals surface area contributed by atoms with Gasteiger partial charge >= 0.3 is 5.97 Å². The molecule has 0 radical (unpaired) electrons. The Labute approximate surface area is 144 Å². The number of carbonyl (C=O) groups is 2. The van der Waals surface area contributed by atoms with E-state index in [0.29, 0.717) is 5.92 Å². The van der Waals surface area contributed by atoms with Crippen LogP contribution in [0.1, 0.15) is 43.0 Å². The van der Waals surface area contributed by atoms with Gasteiger partial charge in [0.05, 0.1) is 4.92 Å². The van der Waals surface area contributed by atoms with Crippen LogP contribution < -0.4 is 5.32 Å². The number of benzene rings is 1. The van der Waals surface area contributed by atoms with E-state index in [2.05, 4.69) is 12.2 Å². The predicted molar refractivity (Wildman–Crippen MR) is 88.0 cm³/mol. The largest absolute Gasteiger partial charge is 0.452 e. The molecule has 0 unspecified atom stereocenters. The number of amides is 1. The van der Waals surface area contributed by atoms with Gasteiger partial charge in [0, 0.05) is 17.1 Å². The maximum absolute atomic E-state index is 12.0. The van der Waals surface area contributed by atoms with Crippen LogP contribution in [0.25, 0.3) is 0 Å². The van der Waals surface area contributed by atoms with Gasteiger partial charge in [-0.05, 0) is 30.9 Å². The lowest BCUT2D eigenvalue weighted by molar-refractivity contribution is -0.385. The molecule has 0 saturated heterocycles. The van der Waals surface area contributed by atoms with E-state index in [1.165, 1.54) is 6.07 Å². The lowest BCUT2D eigenvalue weighted by Crippen LogP contribution is -2.42. The molecule has 1 amide bonds. The van der Waals surface area contributed by atoms with E-state index < -0.39 is 29.1 Å². The van der Waals surface area contributed by atoms with Gasteiger partial charge in [0.25, 0.3) is 11.6 Å². The minimum Gasteiger partial charge on any atom is -0.452 e. The van der Waals surface area contributed by atoms with Crippen molar-refractivity contribution in [2.24, 2.45) is 5.92 Å². The summed E-state index contributed by atoms with van der Waals surface area (Å²) in [4.78, 5) is 34.2. The van der Waals surface area contributed by atoms with E-state index in [1.54, 1.807) is 0 Å². The summed E-state index contributed by atoms with van der Waals surface area (Å²) in [5.74, 6) is -0.977. The fraction of sp³-hybridized carbons (Fsp3) is 0.500. The average Bonchev–Trinajstić information content (AvgIpc) is 2.54. The van der Waals surface area contributed by atoms with E-state index in [0.717, 1.165) is 37.8 Å². The molecule has 130 valence electrons. The van der Waals surface area contributed by atoms with Crippen molar-refractivity contribution in [3.8, 4) is 0 Å². The van der Waals surface area contributed by atoms with Gasteiger partial charge in [0.2, 0.25) is 0 Å². The van der Waals surface area contributed by atoms with Crippen LogP contribution in [0.5, 0.6) is 0 Å². The van der Waals surface area contributed by atoms with Crippen LogP contribution in [0.3, 0.4) is 0 Å². The Balaban J connectivity index is 1.94. The zero-order chi connectivity index (χ0) is 17.7. The fourth-order valence-electron chi connectivity index (χ4n) is 2.82. The van der Waals surface area contributed by atoms with Crippen LogP contribution in [-0.4, -0.2) is 29.4 Å². The number of hydrogen-bond donors (Lipinski definition) is 1. The molecule has 1 aromatic carbocycles. The molecule has 1 aliphatic rings. The topological polar surface area (TPSA) is 98.5 Å². The Morgan fingerprint density at radius 2 is 2.08 bits per heavy atom. The van der Waals surface area contributed by atoms with Gasteiger partial charge in [0.15, 0.2) is 6.61 Å². The number of esters is 1. The van der Waals surface area contributed by atoms with Gasteiger partial charge in [-0.2, -0.15) is 0 Å². The zero-order valence-electron chi connectivity index (χ0n) is 13.3. The van der Waals surface area contributed by atoms with Crippen LogP contribution in [0.15, 0.2) is 18.2 Å². The normalized spacial score (nSPS) is 20.2. The molecule has 8 heteroatoms. The number of halogens is 1. The Morgan fingerprint density at radius 1 is 1.38 bits per heavy atom. The minimum atomic E-state index is -0.948. The van der Waals surface area contributed by atoms with Gasteiger partial charge in [-0.3, -0.25) is 14.9 Å². The Morgan fingerprint density at radius 3 is 2.75 bits per heavy atom. The third-order valence-corrected chi connectivity index (χ3v) is 4.40. The summed E-state index contributed by atoms with van der Waals surface area (Å²) >= 11 is 5.76. The second kappa shape index (κ2) is 8.10. The van der Waals surface area contributed by atoms with E-state index in [9.17, 15) is 19.7 Å². The molecule has 2 atom stereocenters. The summed E-state index contributed by atoms with van der Waals surface area (Å²) in [7, 11) is 0. The molecule has 24 heavy (non-hydrogen) atoms. The highest BCUT2D eigenvalue weighted by Crippen LogP contribution is 2.24. The van der Waals surface area contributed by atoms with Gasteiger partial charge in [0.1, 0.15) is 5.56 Å². The van der Waals surface area contributed by atoms with Crippen molar-refractivity contribution in [2.45, 2.75) is 38.6 Å². The first-order valence-electron chi connectivity index (χ1n) is 7.79. The number of nitrogens with one attached hydrogen (secondary N) is 1. The SMILES string of the molecule is C[C@@H]1CCCC[C@@H]1NC(=O)COC(=O)c1cc(Cl)ccc1[N+](=O)[O-]. The molecule has 0 spiro atoms. The quantitative estimate of drug-likeness (QED) is 0.497. The zero-order valence-corrected chi connectivity index (χ0v) is 14.0. The van der Waals surface area contributed by atoms with Crippen molar-refractivity contribution in [3.05, 3.63) is 38.9 Å². The van der Waals surface area contributed by atoms with E-state index in [4.69, 9.17) is 16.3 Å². The van der Waals surface area contributed by atoms with Crippen molar-refractivity contribution >= 4 is 29.2 Å². The third-order valence-electron chi connectivity index (χ3n) is 4.17. The number of nitrogens with zero attached hydrogens (tertiary/aromatic N) is 1. The van der Waals surface area contributed by atoms with E-state index in [-0.39, 0.29) is 16.6 Å². The molecule has 0 aliphatic heterocycles. The summed E-state index contributed by atoms with van der Waals surface area (Å²) in [5, 5.41) is 14.0. The fourth-order valence-corrected chi connectivity index (χ4v) is 2.99. The molecular weight excluding hydrogens is 336 g/mol. The number of rotatable bonds is 5. The first-order chi connectivity index (χ1) is 11.4. The molecule has 1 fully saturated rings. The summed E-state index contributed by atoms with van der Waals surface area (Å²) in [6.07, 6.45) is 4.17. The molecule has 1 saturated carbocycles. The van der Waals surface area contributed by atoms with E-state index in [1.807, 2.05) is 0 Å². The van der Waals surface area contributed by atoms with Gasteiger partial charge in [-0.1, -0.05) is 31.4 Å². The van der Waals surface area contributed by atoms with Gasteiger partial charge in [-0.15, -0.1) is 0 Å². The molecule has 0 heterocycles. The lowest BCUT2D eigenvalue weighted by Gasteiger charge is -2.29. The van der Waals surface area contributed by atoms with Crippen LogP contribution in [0.4, 0.5) is 5.69 Å². The Bertz CT molecular complexity index is 649. The molecule has 1 aliphatic carbocycles. The minimum absolute atomic E-state index is 0.0745. The van der Waals surface area contributed by atoms with Crippen molar-refractivity contribution in [1.29, 1.82) is 0 Å².